The first-order valence-electron chi connectivity index (χ1n) is 13.0. The highest BCUT2D eigenvalue weighted by atomic mass is 19.1. The predicted molar refractivity (Wildman–Crippen MR) is 140 cm³/mol. The van der Waals surface area contributed by atoms with Gasteiger partial charge in [0.15, 0.2) is 5.69 Å². The lowest BCUT2D eigenvalue weighted by Crippen LogP contribution is -2.35. The molecule has 11 heteroatoms. The van der Waals surface area contributed by atoms with Crippen LogP contribution in [0.25, 0.3) is 16.8 Å². The van der Waals surface area contributed by atoms with Crippen LogP contribution >= 0.6 is 0 Å². The molecule has 0 spiro atoms. The molecule has 1 aliphatic carbocycles. The Morgan fingerprint density at radius 1 is 1.18 bits per heavy atom. The summed E-state index contributed by atoms with van der Waals surface area (Å²) in [5.74, 6) is -0.488. The number of morpholine rings is 1. The molecule has 0 unspecified atom stereocenters. The molecule has 6 rings (SSSR count). The lowest BCUT2D eigenvalue weighted by Gasteiger charge is -2.27. The molecule has 1 amide bonds. The van der Waals surface area contributed by atoms with Crippen molar-refractivity contribution < 1.29 is 13.9 Å². The molecule has 0 radical (unpaired) electrons. The van der Waals surface area contributed by atoms with Crippen molar-refractivity contribution >= 4 is 17.1 Å². The summed E-state index contributed by atoms with van der Waals surface area (Å²) in [6.07, 6.45) is 6.88. The molecule has 0 atom stereocenters. The number of ether oxygens (including phenoxy) is 1. The van der Waals surface area contributed by atoms with Crippen molar-refractivity contribution in [2.24, 2.45) is 0 Å². The number of aromatic nitrogens is 6. The molecule has 1 aromatic carbocycles. The largest absolute Gasteiger partial charge is 0.378 e. The minimum absolute atomic E-state index is 0.136. The Morgan fingerprint density at radius 3 is 2.68 bits per heavy atom. The van der Waals surface area contributed by atoms with Gasteiger partial charge in [-0.1, -0.05) is 11.3 Å². The lowest BCUT2D eigenvalue weighted by atomic mass is 9.97. The number of hydrogen-bond donors (Lipinski definition) is 1. The standard InChI is InChI=1S/C27H31FN8O2/c1-27(2,3)36-15-21(32-33-36)26(37)29-13-18-6-7-20(24(28)23(18)17-4-5-17)25-22-12-19(14-35(22)31-16-30-25)34-8-10-38-11-9-34/h6-7,12,14-17H,4-5,8-11,13H2,1-3H3,(H,29,37). The highest BCUT2D eigenvalue weighted by Gasteiger charge is 2.31. The van der Waals surface area contributed by atoms with Crippen LogP contribution in [0.3, 0.4) is 0 Å². The van der Waals surface area contributed by atoms with Crippen LogP contribution in [0.15, 0.2) is 36.9 Å². The molecule has 38 heavy (non-hydrogen) atoms. The number of carbonyl (C=O) groups is 1. The van der Waals surface area contributed by atoms with Gasteiger partial charge in [-0.2, -0.15) is 5.10 Å². The summed E-state index contributed by atoms with van der Waals surface area (Å²) >= 11 is 0. The summed E-state index contributed by atoms with van der Waals surface area (Å²) in [5, 5.41) is 15.3. The third kappa shape index (κ3) is 4.62. The second-order valence-electron chi connectivity index (χ2n) is 10.9. The van der Waals surface area contributed by atoms with Gasteiger partial charge in [-0.15, -0.1) is 5.10 Å². The van der Waals surface area contributed by atoms with Crippen LogP contribution in [-0.2, 0) is 16.8 Å². The maximum atomic E-state index is 16.1. The number of fused-ring (bicyclic) bond motifs is 1. The molecule has 4 heterocycles. The van der Waals surface area contributed by atoms with Crippen LogP contribution in [0.1, 0.15) is 61.1 Å². The topological polar surface area (TPSA) is 102 Å². The first-order chi connectivity index (χ1) is 18.3. The van der Waals surface area contributed by atoms with E-state index < -0.39 is 0 Å². The Hall–Kier alpha value is -3.86. The van der Waals surface area contributed by atoms with Gasteiger partial charge in [0.25, 0.3) is 5.91 Å². The first kappa shape index (κ1) is 24.5. The molecule has 2 fully saturated rings. The monoisotopic (exact) mass is 518 g/mol. The summed E-state index contributed by atoms with van der Waals surface area (Å²) in [6.45, 7) is 9.11. The Labute approximate surface area is 219 Å². The van der Waals surface area contributed by atoms with Crippen molar-refractivity contribution in [2.75, 3.05) is 31.2 Å². The molecule has 1 aliphatic heterocycles. The van der Waals surface area contributed by atoms with E-state index in [-0.39, 0.29) is 35.4 Å². The Kier molecular flexibility index (Phi) is 6.10. The summed E-state index contributed by atoms with van der Waals surface area (Å²) in [6, 6.07) is 5.65. The van der Waals surface area contributed by atoms with Gasteiger partial charge in [0.2, 0.25) is 0 Å². The van der Waals surface area contributed by atoms with Crippen LogP contribution in [0, 0.1) is 5.82 Å². The van der Waals surface area contributed by atoms with Crippen LogP contribution in [0.2, 0.25) is 0 Å². The quantitative estimate of drug-likeness (QED) is 0.417. The average Bonchev–Trinajstić information content (AvgIpc) is 3.42. The fourth-order valence-corrected chi connectivity index (χ4v) is 4.86. The third-order valence-electron chi connectivity index (χ3n) is 7.13. The van der Waals surface area contributed by atoms with E-state index >= 15 is 4.39 Å². The van der Waals surface area contributed by atoms with E-state index in [1.807, 2.05) is 39.1 Å². The summed E-state index contributed by atoms with van der Waals surface area (Å²) < 4.78 is 25.0. The van der Waals surface area contributed by atoms with E-state index in [9.17, 15) is 4.79 Å². The fourth-order valence-electron chi connectivity index (χ4n) is 4.86. The van der Waals surface area contributed by atoms with Gasteiger partial charge in [-0.3, -0.25) is 4.79 Å². The number of nitrogens with zero attached hydrogens (tertiary/aromatic N) is 7. The highest BCUT2D eigenvalue weighted by Crippen LogP contribution is 2.45. The zero-order valence-electron chi connectivity index (χ0n) is 21.8. The summed E-state index contributed by atoms with van der Waals surface area (Å²) in [7, 11) is 0. The maximum absolute atomic E-state index is 16.1. The van der Waals surface area contributed by atoms with Gasteiger partial charge >= 0.3 is 0 Å². The second-order valence-corrected chi connectivity index (χ2v) is 10.9. The molecule has 1 saturated carbocycles. The smallest absolute Gasteiger partial charge is 0.273 e. The van der Waals surface area contributed by atoms with Gasteiger partial charge in [0.05, 0.1) is 42.4 Å². The predicted octanol–water partition coefficient (Wildman–Crippen LogP) is 3.53. The lowest BCUT2D eigenvalue weighted by molar-refractivity contribution is 0.0945. The number of carbonyl (C=O) groups excluding carboxylic acids is 1. The molecule has 2 aliphatic rings. The van der Waals surface area contributed by atoms with E-state index in [1.54, 1.807) is 21.5 Å². The van der Waals surface area contributed by atoms with Crippen LogP contribution in [0.5, 0.6) is 0 Å². The number of halogens is 1. The van der Waals surface area contributed by atoms with Crippen molar-refractivity contribution in [3.05, 3.63) is 59.6 Å². The van der Waals surface area contributed by atoms with E-state index in [4.69, 9.17) is 4.74 Å². The van der Waals surface area contributed by atoms with E-state index in [2.05, 4.69) is 30.6 Å². The van der Waals surface area contributed by atoms with E-state index in [0.29, 0.717) is 30.0 Å². The fraction of sp³-hybridized carbons (Fsp3) is 0.444. The zero-order chi connectivity index (χ0) is 26.4. The molecular formula is C27H31FN8O2. The van der Waals surface area contributed by atoms with E-state index in [1.165, 1.54) is 6.33 Å². The Morgan fingerprint density at radius 2 is 1.97 bits per heavy atom. The molecule has 10 nitrogen and oxygen atoms in total. The molecule has 198 valence electrons. The van der Waals surface area contributed by atoms with Crippen LogP contribution in [0.4, 0.5) is 10.1 Å². The van der Waals surface area contributed by atoms with Crippen molar-refractivity contribution in [2.45, 2.75) is 51.6 Å². The first-order valence-corrected chi connectivity index (χ1v) is 13.0. The molecule has 1 saturated heterocycles. The summed E-state index contributed by atoms with van der Waals surface area (Å²) in [4.78, 5) is 19.5. The maximum Gasteiger partial charge on any atom is 0.273 e. The normalized spacial score (nSPS) is 16.3. The Balaban J connectivity index is 1.29. The van der Waals surface area contributed by atoms with Crippen LogP contribution in [-0.4, -0.2) is 61.8 Å². The van der Waals surface area contributed by atoms with Crippen molar-refractivity contribution in [1.82, 2.24) is 34.9 Å². The van der Waals surface area contributed by atoms with Crippen molar-refractivity contribution in [3.63, 3.8) is 0 Å². The van der Waals surface area contributed by atoms with Gasteiger partial charge in [-0.25, -0.2) is 18.6 Å². The minimum atomic E-state index is -0.340. The number of benzene rings is 1. The summed E-state index contributed by atoms with van der Waals surface area (Å²) in [5.41, 5.74) is 4.12. The third-order valence-corrected chi connectivity index (χ3v) is 7.13. The SMILES string of the molecule is CC(C)(C)n1cc(C(=O)NCc2ccc(-c3ncnn4cc(N5CCOCC5)cc34)c(F)c2C2CC2)nn1. The Bertz CT molecular complexity index is 1490. The molecule has 1 N–H and O–H groups in total. The molecule has 3 aromatic heterocycles. The van der Waals surface area contributed by atoms with E-state index in [0.717, 1.165) is 42.7 Å². The van der Waals surface area contributed by atoms with Crippen LogP contribution < -0.4 is 10.2 Å². The molecule has 0 bridgehead atoms. The van der Waals surface area contributed by atoms with Gasteiger partial charge in [-0.05, 0) is 62.8 Å². The van der Waals surface area contributed by atoms with Gasteiger partial charge in [0.1, 0.15) is 17.8 Å². The highest BCUT2D eigenvalue weighted by molar-refractivity contribution is 5.91. The molecular weight excluding hydrogens is 487 g/mol. The number of amides is 1. The number of nitrogens with one attached hydrogen (secondary N) is 1. The van der Waals surface area contributed by atoms with Gasteiger partial charge in [0, 0.05) is 25.2 Å². The zero-order valence-corrected chi connectivity index (χ0v) is 21.8. The van der Waals surface area contributed by atoms with Crippen molar-refractivity contribution in [3.8, 4) is 11.3 Å². The number of hydrogen-bond acceptors (Lipinski definition) is 7. The molecule has 4 aromatic rings. The second kappa shape index (κ2) is 9.46. The van der Waals surface area contributed by atoms with Gasteiger partial charge < -0.3 is 15.0 Å². The number of rotatable bonds is 6. The minimum Gasteiger partial charge on any atom is -0.378 e. The average molecular weight is 519 g/mol. The van der Waals surface area contributed by atoms with Crippen molar-refractivity contribution in [1.29, 1.82) is 0 Å². The number of anilines is 1.